The molecule has 0 radical (unpaired) electrons. The Labute approximate surface area is 224 Å². The van der Waals surface area contributed by atoms with Crippen LogP contribution in [0.1, 0.15) is 28.7 Å². The minimum absolute atomic E-state index is 0. The summed E-state index contributed by atoms with van der Waals surface area (Å²) in [5.74, 6) is 0. The second-order valence-corrected chi connectivity index (χ2v) is 18.4. The van der Waals surface area contributed by atoms with Gasteiger partial charge in [-0.2, -0.15) is 0 Å². The van der Waals surface area contributed by atoms with Crippen LogP contribution in [0.3, 0.4) is 0 Å². The second-order valence-electron chi connectivity index (χ2n) is 10.1. The van der Waals surface area contributed by atoms with Gasteiger partial charge in [-0.05, 0) is 76.1 Å². The molecule has 34 heavy (non-hydrogen) atoms. The van der Waals surface area contributed by atoms with Crippen LogP contribution in [0.25, 0.3) is 0 Å². The molecule has 6 heteroatoms. The van der Waals surface area contributed by atoms with Crippen LogP contribution in [0, 0.1) is 27.7 Å². The van der Waals surface area contributed by atoms with Gasteiger partial charge < -0.3 is 4.12 Å². The van der Waals surface area contributed by atoms with Crippen molar-refractivity contribution in [1.82, 2.24) is 0 Å². The van der Waals surface area contributed by atoms with E-state index in [0.717, 1.165) is 13.1 Å². The van der Waals surface area contributed by atoms with E-state index in [0.29, 0.717) is 0 Å². The SMILES string of the molecule is C=C[Si](C)(C=C)O[Si](C)(C)C.Cc1cccc(C)c1N1C=[N+](c2c(C)cccc2C)CCC1.[Pt+2]. The third-order valence-electron chi connectivity index (χ3n) is 5.87. The van der Waals surface area contributed by atoms with Gasteiger partial charge in [0.15, 0.2) is 8.32 Å². The van der Waals surface area contributed by atoms with Crippen LogP contribution < -0.4 is 4.90 Å². The molecular weight excluding hydrogens is 632 g/mol. The van der Waals surface area contributed by atoms with Crippen molar-refractivity contribution < 1.29 is 29.8 Å². The monoisotopic (exact) mass is 674 g/mol. The van der Waals surface area contributed by atoms with Crippen molar-refractivity contribution in [2.24, 2.45) is 0 Å². The number of hydrogen-bond acceptors (Lipinski definition) is 2. The molecule has 0 atom stereocenters. The fraction of sp³-hybridized carbons (Fsp3) is 0.393. The number of rotatable bonds is 6. The Morgan fingerprint density at radius 3 is 1.74 bits per heavy atom. The number of aryl methyl sites for hydroxylation is 4. The van der Waals surface area contributed by atoms with Crippen molar-refractivity contribution in [2.45, 2.75) is 60.3 Å². The average molecular weight is 675 g/mol. The predicted octanol–water partition coefficient (Wildman–Crippen LogP) is 7.36. The maximum Gasteiger partial charge on any atom is 2.00 e. The maximum absolute atomic E-state index is 5.97. The molecule has 0 amide bonds. The van der Waals surface area contributed by atoms with E-state index in [1.165, 1.54) is 40.0 Å². The molecule has 0 fully saturated rings. The molecule has 186 valence electrons. The van der Waals surface area contributed by atoms with Gasteiger partial charge >= 0.3 is 21.1 Å². The fourth-order valence-corrected chi connectivity index (χ4v) is 10.5. The molecule has 0 saturated carbocycles. The zero-order chi connectivity index (χ0) is 24.8. The van der Waals surface area contributed by atoms with Crippen molar-refractivity contribution in [2.75, 3.05) is 18.0 Å². The molecule has 2 aromatic rings. The number of nitrogens with zero attached hydrogens (tertiary/aromatic N) is 2. The molecular formula is C28H43N2OPtSi2+3. The summed E-state index contributed by atoms with van der Waals surface area (Å²) in [6, 6.07) is 13.1. The fourth-order valence-electron chi connectivity index (χ4n) is 4.38. The summed E-state index contributed by atoms with van der Waals surface area (Å²) in [5.41, 5.74) is 12.0. The molecule has 0 saturated heterocycles. The van der Waals surface area contributed by atoms with Crippen molar-refractivity contribution in [1.29, 1.82) is 0 Å². The van der Waals surface area contributed by atoms with E-state index in [1.54, 1.807) is 0 Å². The third kappa shape index (κ3) is 8.30. The summed E-state index contributed by atoms with van der Waals surface area (Å²) in [5, 5.41) is 0. The van der Waals surface area contributed by atoms with Crippen LogP contribution in [-0.4, -0.2) is 40.6 Å². The number of hydrogen-bond donors (Lipinski definition) is 0. The summed E-state index contributed by atoms with van der Waals surface area (Å²) in [7, 11) is -3.16. The first kappa shape index (κ1) is 30.5. The van der Waals surface area contributed by atoms with Crippen molar-refractivity contribution in [3.8, 4) is 0 Å². The molecule has 3 nitrogen and oxygen atoms in total. The molecule has 0 bridgehead atoms. The molecule has 1 aliphatic heterocycles. The Kier molecular flexibility index (Phi) is 11.6. The van der Waals surface area contributed by atoms with Crippen LogP contribution in [0.15, 0.2) is 61.0 Å². The van der Waals surface area contributed by atoms with Crippen molar-refractivity contribution >= 4 is 34.3 Å². The van der Waals surface area contributed by atoms with E-state index in [4.69, 9.17) is 4.12 Å². The zero-order valence-electron chi connectivity index (χ0n) is 22.4. The van der Waals surface area contributed by atoms with Gasteiger partial charge in [-0.15, -0.1) is 13.2 Å². The Bertz CT molecular complexity index is 979. The predicted molar refractivity (Wildman–Crippen MR) is 151 cm³/mol. The Morgan fingerprint density at radius 2 is 1.32 bits per heavy atom. The Balaban J connectivity index is 0.000000414. The molecule has 1 aliphatic rings. The zero-order valence-corrected chi connectivity index (χ0v) is 26.6. The van der Waals surface area contributed by atoms with Gasteiger partial charge in [0.05, 0.1) is 13.1 Å². The molecule has 0 aromatic heterocycles. The summed E-state index contributed by atoms with van der Waals surface area (Å²) >= 11 is 0. The van der Waals surface area contributed by atoms with E-state index in [9.17, 15) is 0 Å². The van der Waals surface area contributed by atoms with Gasteiger partial charge in [0.2, 0.25) is 14.7 Å². The van der Waals surface area contributed by atoms with E-state index >= 15 is 0 Å². The summed E-state index contributed by atoms with van der Waals surface area (Å²) in [6.45, 7) is 27.2. The summed E-state index contributed by atoms with van der Waals surface area (Å²) in [4.78, 5) is 2.42. The standard InChI is InChI=1S/C20H25N2.C8H18OSi2.Pt/c1-15-8-5-9-16(2)19(15)21-12-7-13-22(14-21)20-17(3)10-6-11-18(20)4;1-7-11(6,8-2)9-10(3,4)5;/h5-6,8-11,14H,7,12-13H2,1-4H3;7-8H,1-2H2,3-6H3;/q+1;;+2. The average Bonchev–Trinajstić information content (AvgIpc) is 2.73. The molecule has 0 spiro atoms. The summed E-state index contributed by atoms with van der Waals surface area (Å²) in [6.07, 6.45) is 3.48. The van der Waals surface area contributed by atoms with Gasteiger partial charge in [-0.25, -0.2) is 9.48 Å². The largest absolute Gasteiger partial charge is 2.00 e. The maximum atomic E-state index is 5.97. The van der Waals surface area contributed by atoms with E-state index < -0.39 is 16.6 Å². The Morgan fingerprint density at radius 1 is 0.853 bits per heavy atom. The molecule has 0 N–H and O–H groups in total. The van der Waals surface area contributed by atoms with Crippen molar-refractivity contribution in [3.05, 3.63) is 83.2 Å². The molecule has 0 unspecified atom stereocenters. The van der Waals surface area contributed by atoms with Crippen LogP contribution in [0.2, 0.25) is 26.2 Å². The number of anilines is 1. The second kappa shape index (κ2) is 13.0. The first-order valence-electron chi connectivity index (χ1n) is 11.9. The van der Waals surface area contributed by atoms with E-state index in [-0.39, 0.29) is 21.1 Å². The van der Waals surface area contributed by atoms with Gasteiger partial charge in [-0.3, -0.25) is 0 Å². The molecule has 0 aliphatic carbocycles. The number of para-hydroxylation sites is 2. The van der Waals surface area contributed by atoms with Gasteiger partial charge in [0.25, 0.3) is 0 Å². The smallest absolute Gasteiger partial charge is 0.450 e. The summed E-state index contributed by atoms with van der Waals surface area (Å²) < 4.78 is 8.38. The van der Waals surface area contributed by atoms with E-state index in [2.05, 4.69) is 119 Å². The first-order valence-corrected chi connectivity index (χ1v) is 17.9. The van der Waals surface area contributed by atoms with E-state index in [1.807, 2.05) is 11.4 Å². The minimum Gasteiger partial charge on any atom is -0.450 e. The van der Waals surface area contributed by atoms with Crippen LogP contribution >= 0.6 is 0 Å². The minimum atomic E-state index is -1.74. The van der Waals surface area contributed by atoms with Crippen molar-refractivity contribution in [3.63, 3.8) is 0 Å². The van der Waals surface area contributed by atoms with Gasteiger partial charge in [-0.1, -0.05) is 47.8 Å². The first-order chi connectivity index (χ1) is 15.4. The number of benzene rings is 2. The quantitative estimate of drug-likeness (QED) is 0.235. The van der Waals surface area contributed by atoms with Gasteiger partial charge in [0.1, 0.15) is 11.4 Å². The van der Waals surface area contributed by atoms with Crippen LogP contribution in [0.4, 0.5) is 11.4 Å². The molecule has 1 heterocycles. The van der Waals surface area contributed by atoms with Crippen LogP contribution in [0.5, 0.6) is 0 Å². The third-order valence-corrected chi connectivity index (χ3v) is 11.7. The molecule has 3 rings (SSSR count). The normalized spacial score (nSPS) is 13.8. The van der Waals surface area contributed by atoms with Crippen LogP contribution in [-0.2, 0) is 25.2 Å². The molecule has 2 aromatic carbocycles. The topological polar surface area (TPSA) is 15.5 Å². The Hall–Kier alpha value is -1.53. The van der Waals surface area contributed by atoms with Gasteiger partial charge in [0, 0.05) is 6.42 Å².